The molecule has 162 valence electrons. The van der Waals surface area contributed by atoms with Crippen LogP contribution in [-0.2, 0) is 15.4 Å². The van der Waals surface area contributed by atoms with E-state index in [1.54, 1.807) is 48.8 Å². The molecule has 6 nitrogen and oxygen atoms in total. The van der Waals surface area contributed by atoms with Gasteiger partial charge in [0, 0.05) is 23.3 Å². The Labute approximate surface area is 187 Å². The summed E-state index contributed by atoms with van der Waals surface area (Å²) in [5.41, 5.74) is 1.03. The maximum absolute atomic E-state index is 13.4. The molecule has 0 amide bonds. The van der Waals surface area contributed by atoms with E-state index in [9.17, 15) is 18.0 Å². The zero-order valence-corrected chi connectivity index (χ0v) is 18.8. The summed E-state index contributed by atoms with van der Waals surface area (Å²) in [7, 11) is -4.09. The Bertz CT molecular complexity index is 1350. The van der Waals surface area contributed by atoms with Crippen molar-refractivity contribution in [1.29, 1.82) is 0 Å². The molecule has 1 heterocycles. The Balaban J connectivity index is 1.90. The van der Waals surface area contributed by atoms with E-state index in [0.29, 0.717) is 0 Å². The number of rotatable bonds is 4. The van der Waals surface area contributed by atoms with Gasteiger partial charge in [-0.1, -0.05) is 63.2 Å². The van der Waals surface area contributed by atoms with E-state index in [0.717, 1.165) is 5.56 Å². The van der Waals surface area contributed by atoms with Gasteiger partial charge in [0.15, 0.2) is 18.1 Å². The molecule has 7 heteroatoms. The van der Waals surface area contributed by atoms with Gasteiger partial charge in [0.2, 0.25) is 5.78 Å². The number of benzene rings is 2. The van der Waals surface area contributed by atoms with Crippen molar-refractivity contribution >= 4 is 27.3 Å². The van der Waals surface area contributed by atoms with Crippen molar-refractivity contribution in [3.05, 3.63) is 102 Å². The number of nitrogens with one attached hydrogen (secondary N) is 1. The summed E-state index contributed by atoms with van der Waals surface area (Å²) < 4.78 is 29.9. The quantitative estimate of drug-likeness (QED) is 0.621. The van der Waals surface area contributed by atoms with Gasteiger partial charge in [-0.2, -0.15) is 4.57 Å². The van der Waals surface area contributed by atoms with E-state index < -0.39 is 21.6 Å². The normalized spacial score (nSPS) is 14.3. The summed E-state index contributed by atoms with van der Waals surface area (Å²) in [6.45, 7) is 6.20. The van der Waals surface area contributed by atoms with Crippen molar-refractivity contribution in [2.24, 2.45) is 0 Å². The van der Waals surface area contributed by atoms with Gasteiger partial charge in [-0.05, 0) is 23.1 Å². The Kier molecular flexibility index (Phi) is 5.30. The number of nitrogens with zero attached hydrogens (tertiary/aromatic N) is 1. The lowest BCUT2D eigenvalue weighted by atomic mass is 9.87. The van der Waals surface area contributed by atoms with E-state index in [1.807, 2.05) is 12.1 Å². The molecule has 1 aliphatic carbocycles. The Morgan fingerprint density at radius 2 is 1.28 bits per heavy atom. The third-order valence-electron chi connectivity index (χ3n) is 5.34. The first-order valence-electron chi connectivity index (χ1n) is 10.1. The first-order chi connectivity index (χ1) is 15.1. The number of sulfonamides is 1. The zero-order chi connectivity index (χ0) is 23.1. The van der Waals surface area contributed by atoms with Gasteiger partial charge in [-0.3, -0.25) is 14.3 Å². The van der Waals surface area contributed by atoms with Crippen LogP contribution in [0.2, 0.25) is 0 Å². The zero-order valence-electron chi connectivity index (χ0n) is 18.0. The molecule has 0 radical (unpaired) electrons. The van der Waals surface area contributed by atoms with Gasteiger partial charge >= 0.3 is 0 Å². The minimum absolute atomic E-state index is 0.000891. The van der Waals surface area contributed by atoms with Crippen LogP contribution in [0.5, 0.6) is 0 Å². The summed E-state index contributed by atoms with van der Waals surface area (Å²) in [4.78, 5) is 26.7. The number of ketones is 2. The average Bonchev–Trinajstić information content (AvgIpc) is 2.77. The van der Waals surface area contributed by atoms with Gasteiger partial charge in [-0.15, -0.1) is 0 Å². The number of carbonyl (C=O) groups excluding carboxylic acids is 2. The minimum atomic E-state index is -4.09. The molecule has 0 aliphatic heterocycles. The first kappa shape index (κ1) is 21.6. The minimum Gasteiger partial charge on any atom is -0.287 e. The highest BCUT2D eigenvalue weighted by atomic mass is 32.2. The highest BCUT2D eigenvalue weighted by Gasteiger charge is 2.40. The second kappa shape index (κ2) is 7.84. The van der Waals surface area contributed by atoms with E-state index in [2.05, 4.69) is 25.5 Å². The largest absolute Gasteiger partial charge is 0.287 e. The monoisotopic (exact) mass is 447 g/mol. The molecule has 0 saturated heterocycles. The van der Waals surface area contributed by atoms with Gasteiger partial charge in [-0.25, -0.2) is 8.42 Å². The number of allylic oxidation sites excluding steroid dienone is 2. The first-order valence-corrected chi connectivity index (χ1v) is 11.6. The Morgan fingerprint density at radius 3 is 1.84 bits per heavy atom. The lowest BCUT2D eigenvalue weighted by molar-refractivity contribution is -0.577. The molecule has 0 atom stereocenters. The van der Waals surface area contributed by atoms with E-state index in [1.165, 1.54) is 22.8 Å². The van der Waals surface area contributed by atoms with Crippen LogP contribution in [0, 0.1) is 0 Å². The smallest absolute Gasteiger partial charge is 0.287 e. The Hall–Kier alpha value is -3.58. The number of carbonyl (C=O) groups is 2. The maximum atomic E-state index is 13.4. The molecule has 1 N–H and O–H groups in total. The maximum Gasteiger partial charge on any atom is 0.287 e. The van der Waals surface area contributed by atoms with Gasteiger partial charge in [0.1, 0.15) is 0 Å². The van der Waals surface area contributed by atoms with Crippen molar-refractivity contribution < 1.29 is 22.6 Å². The number of fused-ring (bicyclic) bond motifs is 1. The van der Waals surface area contributed by atoms with Crippen LogP contribution in [0.1, 0.15) is 47.1 Å². The lowest BCUT2D eigenvalue weighted by Crippen LogP contribution is -2.44. The third-order valence-corrected chi connectivity index (χ3v) is 6.70. The fourth-order valence-electron chi connectivity index (χ4n) is 3.57. The highest BCUT2D eigenvalue weighted by Crippen LogP contribution is 2.27. The van der Waals surface area contributed by atoms with E-state index in [-0.39, 0.29) is 32.8 Å². The van der Waals surface area contributed by atoms with Crippen molar-refractivity contribution in [2.75, 3.05) is 0 Å². The molecular formula is C25H23N2O4S+. The summed E-state index contributed by atoms with van der Waals surface area (Å²) in [6, 6.07) is 17.9. The molecule has 0 bridgehead atoms. The van der Waals surface area contributed by atoms with Gasteiger partial charge < -0.3 is 0 Å². The van der Waals surface area contributed by atoms with Crippen LogP contribution >= 0.6 is 0 Å². The van der Waals surface area contributed by atoms with E-state index in [4.69, 9.17) is 0 Å². The Morgan fingerprint density at radius 1 is 0.750 bits per heavy atom. The molecule has 4 rings (SSSR count). The third kappa shape index (κ3) is 3.87. The lowest BCUT2D eigenvalue weighted by Gasteiger charge is -2.20. The van der Waals surface area contributed by atoms with Crippen molar-refractivity contribution in [1.82, 2.24) is 4.72 Å². The predicted molar refractivity (Wildman–Crippen MR) is 120 cm³/mol. The fraction of sp³-hybridized carbons (Fsp3) is 0.160. The molecular weight excluding hydrogens is 424 g/mol. The van der Waals surface area contributed by atoms with Crippen molar-refractivity contribution in [2.45, 2.75) is 31.1 Å². The van der Waals surface area contributed by atoms with Crippen LogP contribution in [0.15, 0.2) is 89.7 Å². The molecule has 3 aromatic rings. The second-order valence-corrected chi connectivity index (χ2v) is 10.3. The number of pyridine rings is 1. The predicted octanol–water partition coefficient (Wildman–Crippen LogP) is 3.50. The fourth-order valence-corrected chi connectivity index (χ4v) is 4.66. The van der Waals surface area contributed by atoms with Gasteiger partial charge in [0.25, 0.3) is 21.5 Å². The number of hydrogen-bond donors (Lipinski definition) is 1. The SMILES string of the molecule is CC(C)(C)c1cc[n+](C2=C(NS(=O)(=O)c3ccccc3)C(=O)c3ccccc3C2=O)cc1. The standard InChI is InChI=1S/C25H22N2O4S/c1-25(2,3)17-13-15-27(16-14-17)22-21(26-32(30,31)18-9-5-4-6-10-18)23(28)19-11-7-8-12-20(19)24(22)29/h4-16H,1-3H3/p+1. The number of aromatic nitrogens is 1. The van der Waals surface area contributed by atoms with E-state index >= 15 is 0 Å². The highest BCUT2D eigenvalue weighted by molar-refractivity contribution is 7.89. The topological polar surface area (TPSA) is 84.2 Å². The average molecular weight is 448 g/mol. The van der Waals surface area contributed by atoms with Crippen molar-refractivity contribution in [3.8, 4) is 0 Å². The molecule has 1 aliphatic rings. The summed E-state index contributed by atoms with van der Waals surface area (Å²) in [6.07, 6.45) is 3.34. The summed E-state index contributed by atoms with van der Waals surface area (Å²) in [5.74, 6) is -0.985. The number of hydrogen-bond acceptors (Lipinski definition) is 4. The van der Waals surface area contributed by atoms with Gasteiger partial charge in [0.05, 0.1) is 4.90 Å². The van der Waals surface area contributed by atoms with Crippen LogP contribution in [0.4, 0.5) is 0 Å². The van der Waals surface area contributed by atoms with Crippen molar-refractivity contribution in [3.63, 3.8) is 0 Å². The summed E-state index contributed by atoms with van der Waals surface area (Å²) in [5, 5.41) is 0. The molecule has 0 fully saturated rings. The molecule has 1 aromatic heterocycles. The molecule has 0 saturated carbocycles. The second-order valence-electron chi connectivity index (χ2n) is 8.59. The summed E-state index contributed by atoms with van der Waals surface area (Å²) >= 11 is 0. The molecule has 0 spiro atoms. The molecule has 32 heavy (non-hydrogen) atoms. The van der Waals surface area contributed by atoms with Crippen LogP contribution < -0.4 is 9.29 Å². The van der Waals surface area contributed by atoms with Crippen LogP contribution in [0.25, 0.3) is 5.70 Å². The molecule has 0 unspecified atom stereocenters. The number of Topliss-reactive ketones (excluding diaryl/α,β-unsaturated/α-hetero) is 2. The van der Waals surface area contributed by atoms with Crippen LogP contribution in [0.3, 0.4) is 0 Å². The van der Waals surface area contributed by atoms with Crippen LogP contribution in [-0.4, -0.2) is 20.0 Å². The molecule has 2 aromatic carbocycles.